The minimum atomic E-state index is -0.119. The Morgan fingerprint density at radius 1 is 0.929 bits per heavy atom. The number of carbonyl (C=O) groups excluding carboxylic acids is 2. The number of fused-ring (bicyclic) bond motifs is 1. The molecule has 0 aliphatic carbocycles. The first-order valence-corrected chi connectivity index (χ1v) is 10.8. The minimum absolute atomic E-state index is 0.119. The van der Waals surface area contributed by atoms with E-state index in [-0.39, 0.29) is 17.9 Å². The molecular weight excluding hydrogens is 352 g/mol. The average molecular weight is 385 g/mol. The SMILES string of the molecule is CC(C(=O)N1CCc2ccccc21)N1CCN(CC(=O)N2CCCCC2)CC1. The van der Waals surface area contributed by atoms with Crippen molar-refractivity contribution in [2.45, 2.75) is 38.6 Å². The van der Waals surface area contributed by atoms with Crippen molar-refractivity contribution < 1.29 is 9.59 Å². The highest BCUT2D eigenvalue weighted by molar-refractivity contribution is 5.98. The van der Waals surface area contributed by atoms with Crippen molar-refractivity contribution in [2.75, 3.05) is 57.3 Å². The lowest BCUT2D eigenvalue weighted by Crippen LogP contribution is -2.56. The molecule has 0 radical (unpaired) electrons. The average Bonchev–Trinajstić information content (AvgIpc) is 3.18. The van der Waals surface area contributed by atoms with Gasteiger partial charge in [-0.05, 0) is 44.2 Å². The maximum Gasteiger partial charge on any atom is 0.244 e. The van der Waals surface area contributed by atoms with E-state index in [9.17, 15) is 9.59 Å². The molecule has 6 nitrogen and oxygen atoms in total. The molecule has 3 aliphatic heterocycles. The van der Waals surface area contributed by atoms with Crippen molar-refractivity contribution >= 4 is 17.5 Å². The van der Waals surface area contributed by atoms with Gasteiger partial charge in [0.2, 0.25) is 11.8 Å². The van der Waals surface area contributed by atoms with E-state index in [1.807, 2.05) is 28.9 Å². The number of hydrogen-bond donors (Lipinski definition) is 0. The van der Waals surface area contributed by atoms with Crippen LogP contribution in [0.1, 0.15) is 31.7 Å². The maximum atomic E-state index is 13.1. The van der Waals surface area contributed by atoms with Gasteiger partial charge in [-0.3, -0.25) is 19.4 Å². The predicted octanol–water partition coefficient (Wildman–Crippen LogP) is 1.59. The third-order valence-electron chi connectivity index (χ3n) is 6.53. The van der Waals surface area contributed by atoms with E-state index in [1.165, 1.54) is 12.0 Å². The lowest BCUT2D eigenvalue weighted by Gasteiger charge is -2.39. The number of hydrogen-bond acceptors (Lipinski definition) is 4. The Morgan fingerprint density at radius 3 is 2.39 bits per heavy atom. The van der Waals surface area contributed by atoms with Gasteiger partial charge in [0, 0.05) is 51.5 Å². The van der Waals surface area contributed by atoms with Gasteiger partial charge in [-0.1, -0.05) is 18.2 Å². The van der Waals surface area contributed by atoms with Gasteiger partial charge in [-0.25, -0.2) is 0 Å². The summed E-state index contributed by atoms with van der Waals surface area (Å²) in [5.74, 6) is 0.466. The Hall–Kier alpha value is -1.92. The minimum Gasteiger partial charge on any atom is -0.342 e. The van der Waals surface area contributed by atoms with E-state index in [0.29, 0.717) is 6.54 Å². The first kappa shape index (κ1) is 19.4. The van der Waals surface area contributed by atoms with E-state index < -0.39 is 0 Å². The summed E-state index contributed by atoms with van der Waals surface area (Å²) in [6, 6.07) is 8.10. The first-order chi connectivity index (χ1) is 13.6. The smallest absolute Gasteiger partial charge is 0.244 e. The van der Waals surface area contributed by atoms with Gasteiger partial charge in [-0.2, -0.15) is 0 Å². The second-order valence-electron chi connectivity index (χ2n) is 8.30. The summed E-state index contributed by atoms with van der Waals surface area (Å²) < 4.78 is 0. The van der Waals surface area contributed by atoms with Crippen LogP contribution in [0.15, 0.2) is 24.3 Å². The molecule has 0 spiro atoms. The van der Waals surface area contributed by atoms with Crippen molar-refractivity contribution in [1.82, 2.24) is 14.7 Å². The molecule has 3 aliphatic rings. The normalized spacial score (nSPS) is 22.2. The van der Waals surface area contributed by atoms with Gasteiger partial charge < -0.3 is 9.80 Å². The number of rotatable bonds is 4. The van der Waals surface area contributed by atoms with E-state index in [4.69, 9.17) is 0 Å². The highest BCUT2D eigenvalue weighted by Gasteiger charge is 2.32. The van der Waals surface area contributed by atoms with E-state index in [2.05, 4.69) is 21.9 Å². The fraction of sp³-hybridized carbons (Fsp3) is 0.636. The summed E-state index contributed by atoms with van der Waals surface area (Å²) in [5.41, 5.74) is 2.34. The van der Waals surface area contributed by atoms with Gasteiger partial charge in [0.25, 0.3) is 0 Å². The van der Waals surface area contributed by atoms with Crippen LogP contribution in [0.4, 0.5) is 5.69 Å². The lowest BCUT2D eigenvalue weighted by atomic mass is 10.1. The van der Waals surface area contributed by atoms with Crippen LogP contribution in [-0.4, -0.2) is 84.9 Å². The number of benzene rings is 1. The quantitative estimate of drug-likeness (QED) is 0.791. The monoisotopic (exact) mass is 384 g/mol. The molecule has 0 saturated carbocycles. The van der Waals surface area contributed by atoms with Gasteiger partial charge >= 0.3 is 0 Å². The Kier molecular flexibility index (Phi) is 5.97. The number of piperazine rings is 1. The molecule has 6 heteroatoms. The van der Waals surface area contributed by atoms with Crippen molar-refractivity contribution in [1.29, 1.82) is 0 Å². The van der Waals surface area contributed by atoms with Crippen LogP contribution < -0.4 is 4.90 Å². The molecule has 1 aromatic carbocycles. The highest BCUT2D eigenvalue weighted by Crippen LogP contribution is 2.28. The highest BCUT2D eigenvalue weighted by atomic mass is 16.2. The third kappa shape index (κ3) is 4.08. The molecule has 2 amide bonds. The van der Waals surface area contributed by atoms with E-state index in [1.54, 1.807) is 0 Å². The van der Waals surface area contributed by atoms with Crippen molar-refractivity contribution in [3.63, 3.8) is 0 Å². The molecule has 4 rings (SSSR count). The number of para-hydroxylation sites is 1. The van der Waals surface area contributed by atoms with Crippen LogP contribution in [0.25, 0.3) is 0 Å². The standard InChI is InChI=1S/C22H32N4O2/c1-18(22(28)26-12-9-19-7-3-4-8-20(19)26)24-15-13-23(14-16-24)17-21(27)25-10-5-2-6-11-25/h3-4,7-8,18H,2,5-6,9-17H2,1H3. The van der Waals surface area contributed by atoms with Gasteiger partial charge in [0.05, 0.1) is 12.6 Å². The number of piperidine rings is 1. The maximum absolute atomic E-state index is 13.1. The summed E-state index contributed by atoms with van der Waals surface area (Å²) in [6.07, 6.45) is 4.47. The molecule has 2 fully saturated rings. The molecule has 0 N–H and O–H groups in total. The zero-order valence-corrected chi connectivity index (χ0v) is 17.0. The largest absolute Gasteiger partial charge is 0.342 e. The summed E-state index contributed by atoms with van der Waals surface area (Å²) in [4.78, 5) is 34.1. The summed E-state index contributed by atoms with van der Waals surface area (Å²) in [6.45, 7) is 8.57. The molecule has 28 heavy (non-hydrogen) atoms. The summed E-state index contributed by atoms with van der Waals surface area (Å²) in [5, 5.41) is 0. The van der Waals surface area contributed by atoms with Crippen LogP contribution in [-0.2, 0) is 16.0 Å². The van der Waals surface area contributed by atoms with Crippen LogP contribution in [0, 0.1) is 0 Å². The number of amides is 2. The summed E-state index contributed by atoms with van der Waals surface area (Å²) in [7, 11) is 0. The fourth-order valence-corrected chi connectivity index (χ4v) is 4.69. The van der Waals surface area contributed by atoms with Gasteiger partial charge in [0.1, 0.15) is 0 Å². The van der Waals surface area contributed by atoms with Crippen molar-refractivity contribution in [3.05, 3.63) is 29.8 Å². The van der Waals surface area contributed by atoms with Gasteiger partial charge in [0.15, 0.2) is 0 Å². The van der Waals surface area contributed by atoms with Crippen LogP contribution in [0.5, 0.6) is 0 Å². The lowest BCUT2D eigenvalue weighted by molar-refractivity contribution is -0.134. The zero-order valence-electron chi connectivity index (χ0n) is 17.0. The second kappa shape index (κ2) is 8.62. The molecule has 152 valence electrons. The Morgan fingerprint density at radius 2 is 1.64 bits per heavy atom. The Bertz CT molecular complexity index is 708. The summed E-state index contributed by atoms with van der Waals surface area (Å²) >= 11 is 0. The molecular formula is C22H32N4O2. The fourth-order valence-electron chi connectivity index (χ4n) is 4.69. The predicted molar refractivity (Wildman–Crippen MR) is 110 cm³/mol. The molecule has 0 bridgehead atoms. The molecule has 2 saturated heterocycles. The topological polar surface area (TPSA) is 47.1 Å². The van der Waals surface area contributed by atoms with E-state index in [0.717, 1.165) is 70.8 Å². The number of anilines is 1. The van der Waals surface area contributed by atoms with Crippen molar-refractivity contribution in [2.24, 2.45) is 0 Å². The molecule has 0 aromatic heterocycles. The van der Waals surface area contributed by atoms with Crippen LogP contribution >= 0.6 is 0 Å². The van der Waals surface area contributed by atoms with Crippen LogP contribution in [0.3, 0.4) is 0 Å². The Balaban J connectivity index is 1.27. The van der Waals surface area contributed by atoms with E-state index >= 15 is 0 Å². The first-order valence-electron chi connectivity index (χ1n) is 10.8. The molecule has 1 unspecified atom stereocenters. The molecule has 3 heterocycles. The second-order valence-corrected chi connectivity index (χ2v) is 8.30. The van der Waals surface area contributed by atoms with Crippen molar-refractivity contribution in [3.8, 4) is 0 Å². The number of likely N-dealkylation sites (tertiary alicyclic amines) is 1. The third-order valence-corrected chi connectivity index (χ3v) is 6.53. The number of nitrogens with zero attached hydrogens (tertiary/aromatic N) is 4. The molecule has 1 atom stereocenters. The Labute approximate surface area is 168 Å². The van der Waals surface area contributed by atoms with Gasteiger partial charge in [-0.15, -0.1) is 0 Å². The van der Waals surface area contributed by atoms with Crippen LogP contribution in [0.2, 0.25) is 0 Å². The zero-order chi connectivity index (χ0) is 19.5. The molecule has 1 aromatic rings. The number of carbonyl (C=O) groups is 2.